The van der Waals surface area contributed by atoms with E-state index in [9.17, 15) is 26.4 Å². The van der Waals surface area contributed by atoms with Crippen LogP contribution in [0.1, 0.15) is 18.4 Å². The summed E-state index contributed by atoms with van der Waals surface area (Å²) in [5.41, 5.74) is -0.406. The summed E-state index contributed by atoms with van der Waals surface area (Å²) in [6.45, 7) is -0.299. The standard InChI is InChI=1S/C22H22F4N2O3S/c1-32(30,31)27-21-17(24)11-28(22(29)12-8-9-12)18(21)10-13-4-2-5-14(19(13)25)15-6-3-7-16(23)20(15)26/h2-7,12,17-18,21,27H,8-11H2,1H3/t17-,18-,21-/m0/s1. The molecule has 1 saturated heterocycles. The molecule has 0 unspecified atom stereocenters. The molecule has 1 aliphatic carbocycles. The lowest BCUT2D eigenvalue weighted by Crippen LogP contribution is -2.49. The minimum absolute atomic E-state index is 0.0409. The topological polar surface area (TPSA) is 66.5 Å². The first-order valence-corrected chi connectivity index (χ1v) is 12.1. The highest BCUT2D eigenvalue weighted by Gasteiger charge is 2.48. The maximum absolute atomic E-state index is 15.4. The fourth-order valence-electron chi connectivity index (χ4n) is 4.21. The monoisotopic (exact) mass is 470 g/mol. The zero-order valence-electron chi connectivity index (χ0n) is 17.2. The fourth-order valence-corrected chi connectivity index (χ4v) is 5.01. The molecule has 4 rings (SSSR count). The Labute approximate surface area is 183 Å². The van der Waals surface area contributed by atoms with Gasteiger partial charge in [-0.2, -0.15) is 0 Å². The summed E-state index contributed by atoms with van der Waals surface area (Å²) >= 11 is 0. The number of likely N-dealkylation sites (tertiary alicyclic amines) is 1. The maximum Gasteiger partial charge on any atom is 0.226 e. The molecule has 0 radical (unpaired) electrons. The van der Waals surface area contributed by atoms with Crippen LogP contribution in [-0.4, -0.2) is 50.3 Å². The van der Waals surface area contributed by atoms with Crippen molar-refractivity contribution in [3.63, 3.8) is 0 Å². The van der Waals surface area contributed by atoms with Crippen molar-refractivity contribution in [2.24, 2.45) is 5.92 Å². The van der Waals surface area contributed by atoms with Gasteiger partial charge in [0.25, 0.3) is 0 Å². The van der Waals surface area contributed by atoms with Crippen molar-refractivity contribution in [2.75, 3.05) is 12.8 Å². The molecule has 2 aromatic carbocycles. The molecule has 2 aromatic rings. The van der Waals surface area contributed by atoms with Crippen LogP contribution in [-0.2, 0) is 21.2 Å². The number of rotatable bonds is 6. The molecule has 32 heavy (non-hydrogen) atoms. The first-order valence-electron chi connectivity index (χ1n) is 10.2. The summed E-state index contributed by atoms with van der Waals surface area (Å²) in [7, 11) is -3.80. The number of halogens is 4. The fraction of sp³-hybridized carbons (Fsp3) is 0.409. The molecule has 0 aromatic heterocycles. The molecular weight excluding hydrogens is 448 g/mol. The van der Waals surface area contributed by atoms with Crippen LogP contribution in [0, 0.1) is 23.4 Å². The lowest BCUT2D eigenvalue weighted by Gasteiger charge is -2.28. The molecule has 5 nitrogen and oxygen atoms in total. The van der Waals surface area contributed by atoms with Gasteiger partial charge in [-0.15, -0.1) is 0 Å². The molecule has 3 atom stereocenters. The first-order chi connectivity index (χ1) is 15.1. The van der Waals surface area contributed by atoms with Crippen LogP contribution in [0.5, 0.6) is 0 Å². The molecular formula is C22H22F4N2O3S. The highest BCUT2D eigenvalue weighted by molar-refractivity contribution is 7.88. The van der Waals surface area contributed by atoms with Gasteiger partial charge in [-0.3, -0.25) is 4.79 Å². The summed E-state index contributed by atoms with van der Waals surface area (Å²) in [6, 6.07) is 5.35. The van der Waals surface area contributed by atoms with E-state index in [2.05, 4.69) is 4.72 Å². The van der Waals surface area contributed by atoms with E-state index in [1.807, 2.05) is 0 Å². The summed E-state index contributed by atoms with van der Waals surface area (Å²) in [6.07, 6.45) is 0.376. The van der Waals surface area contributed by atoms with Crippen molar-refractivity contribution in [3.05, 3.63) is 59.4 Å². The smallest absolute Gasteiger partial charge is 0.226 e. The lowest BCUT2D eigenvalue weighted by atomic mass is 9.95. The van der Waals surface area contributed by atoms with Gasteiger partial charge in [-0.05, 0) is 30.9 Å². The Hall–Kier alpha value is -2.46. The zero-order chi connectivity index (χ0) is 23.2. The SMILES string of the molecule is CS(=O)(=O)N[C@H]1[C@@H](F)CN(C(=O)C2CC2)[C@H]1Cc1cccc(-c2cccc(F)c2F)c1F. The van der Waals surface area contributed by atoms with E-state index >= 15 is 4.39 Å². The Kier molecular flexibility index (Phi) is 6.02. The third kappa shape index (κ3) is 4.52. The van der Waals surface area contributed by atoms with E-state index in [4.69, 9.17) is 0 Å². The number of hydrogen-bond acceptors (Lipinski definition) is 3. The number of nitrogens with zero attached hydrogens (tertiary/aromatic N) is 1. The van der Waals surface area contributed by atoms with Gasteiger partial charge in [0, 0.05) is 17.0 Å². The highest BCUT2D eigenvalue weighted by atomic mass is 32.2. The molecule has 1 aliphatic heterocycles. The van der Waals surface area contributed by atoms with Gasteiger partial charge in [-0.25, -0.2) is 30.7 Å². The summed E-state index contributed by atoms with van der Waals surface area (Å²) in [5.74, 6) is -3.68. The second kappa shape index (κ2) is 8.47. The molecule has 2 fully saturated rings. The van der Waals surface area contributed by atoms with Crippen molar-refractivity contribution in [3.8, 4) is 11.1 Å². The molecule has 1 amide bonds. The van der Waals surface area contributed by atoms with Crippen LogP contribution < -0.4 is 4.72 Å². The van der Waals surface area contributed by atoms with Crippen molar-refractivity contribution >= 4 is 15.9 Å². The number of benzene rings is 2. The minimum Gasteiger partial charge on any atom is -0.334 e. The van der Waals surface area contributed by atoms with E-state index in [1.54, 1.807) is 0 Å². The minimum atomic E-state index is -3.80. The second-order valence-corrected chi connectivity index (χ2v) is 10.1. The normalized spacial score (nSPS) is 23.5. The molecule has 0 bridgehead atoms. The summed E-state index contributed by atoms with van der Waals surface area (Å²) in [4.78, 5) is 14.0. The quantitative estimate of drug-likeness (QED) is 0.660. The number of nitrogens with one attached hydrogen (secondary N) is 1. The van der Waals surface area contributed by atoms with Crippen LogP contribution in [0.25, 0.3) is 11.1 Å². The van der Waals surface area contributed by atoms with Gasteiger partial charge in [0.15, 0.2) is 11.6 Å². The molecule has 1 saturated carbocycles. The van der Waals surface area contributed by atoms with Crippen molar-refractivity contribution in [1.82, 2.24) is 9.62 Å². The first kappa shape index (κ1) is 22.7. The van der Waals surface area contributed by atoms with E-state index in [0.29, 0.717) is 12.8 Å². The van der Waals surface area contributed by atoms with Crippen LogP contribution in [0.4, 0.5) is 17.6 Å². The van der Waals surface area contributed by atoms with Crippen LogP contribution in [0.3, 0.4) is 0 Å². The molecule has 1 N–H and O–H groups in total. The third-order valence-corrected chi connectivity index (χ3v) is 6.59. The summed E-state index contributed by atoms with van der Waals surface area (Å²) < 4.78 is 83.9. The zero-order valence-corrected chi connectivity index (χ0v) is 18.0. The number of amides is 1. The molecule has 172 valence electrons. The van der Waals surface area contributed by atoms with Gasteiger partial charge in [0.2, 0.25) is 15.9 Å². The number of carbonyl (C=O) groups is 1. The molecule has 10 heteroatoms. The van der Waals surface area contributed by atoms with E-state index < -0.39 is 45.7 Å². The molecule has 0 spiro atoms. The van der Waals surface area contributed by atoms with Crippen molar-refractivity contribution in [2.45, 2.75) is 37.5 Å². The predicted molar refractivity (Wildman–Crippen MR) is 110 cm³/mol. The van der Waals surface area contributed by atoms with Crippen molar-refractivity contribution < 1.29 is 30.8 Å². The Morgan fingerprint density at radius 2 is 1.69 bits per heavy atom. The van der Waals surface area contributed by atoms with Gasteiger partial charge in [0.05, 0.1) is 24.9 Å². The average molecular weight is 470 g/mol. The lowest BCUT2D eigenvalue weighted by molar-refractivity contribution is -0.133. The van der Waals surface area contributed by atoms with E-state index in [-0.39, 0.29) is 41.5 Å². The Bertz CT molecular complexity index is 1150. The van der Waals surface area contributed by atoms with Gasteiger partial charge >= 0.3 is 0 Å². The second-order valence-electron chi connectivity index (χ2n) is 8.35. The Morgan fingerprint density at radius 1 is 1.06 bits per heavy atom. The van der Waals surface area contributed by atoms with Gasteiger partial charge in [-0.1, -0.05) is 30.3 Å². The van der Waals surface area contributed by atoms with Gasteiger partial charge in [0.1, 0.15) is 12.0 Å². The predicted octanol–water partition coefficient (Wildman–Crippen LogP) is 3.19. The molecule has 1 heterocycles. The highest BCUT2D eigenvalue weighted by Crippen LogP contribution is 2.36. The third-order valence-electron chi connectivity index (χ3n) is 5.88. The van der Waals surface area contributed by atoms with E-state index in [0.717, 1.165) is 12.3 Å². The van der Waals surface area contributed by atoms with Crippen LogP contribution >= 0.6 is 0 Å². The molecule has 2 aliphatic rings. The van der Waals surface area contributed by atoms with Crippen molar-refractivity contribution in [1.29, 1.82) is 0 Å². The number of hydrogen-bond donors (Lipinski definition) is 1. The maximum atomic E-state index is 15.4. The van der Waals surface area contributed by atoms with E-state index in [1.165, 1.54) is 35.2 Å². The summed E-state index contributed by atoms with van der Waals surface area (Å²) in [5, 5.41) is 0. The number of alkyl halides is 1. The number of sulfonamides is 1. The average Bonchev–Trinajstić information content (AvgIpc) is 3.52. The Morgan fingerprint density at radius 3 is 2.31 bits per heavy atom. The van der Waals surface area contributed by atoms with Gasteiger partial charge < -0.3 is 4.90 Å². The van der Waals surface area contributed by atoms with Crippen LogP contribution in [0.15, 0.2) is 36.4 Å². The number of carbonyl (C=O) groups excluding carboxylic acids is 1. The Balaban J connectivity index is 1.71. The van der Waals surface area contributed by atoms with Crippen LogP contribution in [0.2, 0.25) is 0 Å². The largest absolute Gasteiger partial charge is 0.334 e.